The fraction of sp³-hybridized carbons (Fsp3) is 0.441. The van der Waals surface area contributed by atoms with Crippen LogP contribution in [0.25, 0.3) is 11.1 Å². The molecular formula is C68H81Cl2N5O14Si. The average Bonchev–Trinajstić information content (AvgIpc) is 0.807. The maximum absolute atomic E-state index is 16.1. The molecule has 22 heteroatoms. The van der Waals surface area contributed by atoms with E-state index in [-0.39, 0.29) is 61.6 Å². The first-order valence-electron chi connectivity index (χ1n) is 30.2. The third-order valence-corrected chi connectivity index (χ3v) is 22.7. The minimum Gasteiger partial charge on any atom is -0.496 e. The van der Waals surface area contributed by atoms with Crippen molar-refractivity contribution < 1.29 is 66.5 Å². The number of ether oxygens (including phenoxy) is 5. The predicted octanol–water partition coefficient (Wildman–Crippen LogP) is 11.9. The van der Waals surface area contributed by atoms with E-state index in [0.717, 1.165) is 0 Å². The Kier molecular flexibility index (Phi) is 21.0. The number of carbonyl (C=O) groups is 8. The molecule has 5 aromatic carbocycles. The fourth-order valence-electron chi connectivity index (χ4n) is 11.7. The van der Waals surface area contributed by atoms with Crippen LogP contribution in [0.1, 0.15) is 151 Å². The van der Waals surface area contributed by atoms with Gasteiger partial charge in [0, 0.05) is 42.2 Å². The highest BCUT2D eigenvalue weighted by Crippen LogP contribution is 2.50. The van der Waals surface area contributed by atoms with Crippen LogP contribution in [-0.4, -0.2) is 88.6 Å². The Morgan fingerprint density at radius 3 is 1.90 bits per heavy atom. The number of fused-ring (bicyclic) bond motifs is 15. The van der Waals surface area contributed by atoms with Gasteiger partial charge in [0.1, 0.15) is 47.2 Å². The van der Waals surface area contributed by atoms with Crippen molar-refractivity contribution in [3.63, 3.8) is 0 Å². The third-order valence-electron chi connectivity index (χ3n) is 17.7. The van der Waals surface area contributed by atoms with Crippen LogP contribution >= 0.6 is 23.2 Å². The van der Waals surface area contributed by atoms with Gasteiger partial charge >= 0.3 is 0 Å². The number of primary amides is 1. The number of halogens is 2. The number of nitrogens with two attached hydrogens (primary N) is 1. The molecule has 0 aliphatic carbocycles. The van der Waals surface area contributed by atoms with Gasteiger partial charge in [-0.15, -0.1) is 0 Å². The van der Waals surface area contributed by atoms with E-state index in [1.807, 2.05) is 61.6 Å². The van der Waals surface area contributed by atoms with Gasteiger partial charge < -0.3 is 55.1 Å². The molecule has 0 saturated carbocycles. The van der Waals surface area contributed by atoms with E-state index in [0.29, 0.717) is 52.0 Å². The lowest BCUT2D eigenvalue weighted by atomic mass is 9.83. The number of hydrogen-bond donors (Lipinski definition) is 5. The number of benzene rings is 5. The summed E-state index contributed by atoms with van der Waals surface area (Å²) in [6, 6.07) is 14.8. The molecule has 10 rings (SSSR count). The molecular weight excluding hydrogens is 1210 g/mol. The lowest BCUT2D eigenvalue weighted by Crippen LogP contribution is -2.53. The van der Waals surface area contributed by atoms with Crippen molar-refractivity contribution in [3.05, 3.63) is 122 Å². The van der Waals surface area contributed by atoms with Crippen LogP contribution in [0.15, 0.2) is 78.9 Å². The Morgan fingerprint density at radius 1 is 0.733 bits per heavy atom. The SMILES string of the molecule is CC[C@@H](CC(C)C)C(=O)N[C@H]1C(=O)C[C@@H](CC(N)=O)C(=O)N[C@H]2C(=O)C[C@H]3C(=O)N[C@H](C(=O)N[C@@H](C(C)=O)c4cc(C)cc(OC)c4-c4cc3ccc4OC)[C@H](C)c3ccc(c(Cl)c3)Oc3cc2cc(c3OC)Oc2ccc(cc2Cl)[C@H]1O[Si](C)(C)C(C)(C)C. The Morgan fingerprint density at radius 2 is 1.34 bits per heavy atom. The number of amides is 5. The number of nitrogens with one attached hydrogen (secondary N) is 4. The maximum atomic E-state index is 16.1. The molecule has 480 valence electrons. The molecule has 0 spiro atoms. The molecule has 5 aliphatic heterocycles. The Hall–Kier alpha value is -7.78. The minimum atomic E-state index is -2.91. The smallest absolute Gasteiger partial charge is 0.244 e. The zero-order chi connectivity index (χ0) is 66.0. The fourth-order valence-corrected chi connectivity index (χ4v) is 13.4. The maximum Gasteiger partial charge on any atom is 0.244 e. The van der Waals surface area contributed by atoms with E-state index in [2.05, 4.69) is 21.3 Å². The van der Waals surface area contributed by atoms with Gasteiger partial charge in [-0.05, 0) is 139 Å². The molecule has 5 aliphatic rings. The summed E-state index contributed by atoms with van der Waals surface area (Å²) in [7, 11) is 1.35. The van der Waals surface area contributed by atoms with E-state index < -0.39 is 133 Å². The number of carbonyl (C=O) groups excluding carboxylic acids is 8. The largest absolute Gasteiger partial charge is 0.496 e. The van der Waals surface area contributed by atoms with Crippen molar-refractivity contribution in [1.82, 2.24) is 21.3 Å². The lowest BCUT2D eigenvalue weighted by Gasteiger charge is -2.42. The van der Waals surface area contributed by atoms with Gasteiger partial charge in [0.25, 0.3) is 0 Å². The van der Waals surface area contributed by atoms with Gasteiger partial charge in [-0.25, -0.2) is 0 Å². The molecule has 5 aromatic rings. The number of rotatable bonds is 13. The van der Waals surface area contributed by atoms with Gasteiger partial charge in [-0.3, -0.25) is 38.4 Å². The van der Waals surface area contributed by atoms with E-state index in [1.165, 1.54) is 40.4 Å². The highest BCUT2D eigenvalue weighted by molar-refractivity contribution is 6.74. The molecule has 5 amide bonds. The molecule has 0 saturated heterocycles. The highest BCUT2D eigenvalue weighted by Gasteiger charge is 2.46. The van der Waals surface area contributed by atoms with Crippen LogP contribution in [0, 0.1) is 24.7 Å². The van der Waals surface area contributed by atoms with E-state index in [9.17, 15) is 14.4 Å². The summed E-state index contributed by atoms with van der Waals surface area (Å²) in [5.41, 5.74) is 8.77. The first-order valence-corrected chi connectivity index (χ1v) is 33.8. The molecule has 0 radical (unpaired) electrons. The van der Waals surface area contributed by atoms with Gasteiger partial charge in [-0.2, -0.15) is 0 Å². The van der Waals surface area contributed by atoms with Crippen molar-refractivity contribution in [3.8, 4) is 51.4 Å². The molecule has 5 heterocycles. The molecule has 0 aromatic heterocycles. The second-order valence-corrected chi connectivity index (χ2v) is 31.1. The summed E-state index contributed by atoms with van der Waals surface area (Å²) in [4.78, 5) is 120. The summed E-state index contributed by atoms with van der Waals surface area (Å²) in [6.07, 6.45) is -2.37. The summed E-state index contributed by atoms with van der Waals surface area (Å²) in [6.45, 7) is 20.8. The summed E-state index contributed by atoms with van der Waals surface area (Å²) in [5, 5.41) is 11.4. The van der Waals surface area contributed by atoms with Crippen molar-refractivity contribution in [2.45, 2.75) is 155 Å². The predicted molar refractivity (Wildman–Crippen MR) is 344 cm³/mol. The Balaban J connectivity index is 1.41. The Bertz CT molecular complexity index is 3660. The number of ketones is 3. The van der Waals surface area contributed by atoms with Crippen molar-refractivity contribution >= 4 is 78.4 Å². The van der Waals surface area contributed by atoms with Crippen LogP contribution in [0.4, 0.5) is 0 Å². The van der Waals surface area contributed by atoms with Crippen molar-refractivity contribution in [2.24, 2.45) is 23.5 Å². The topological polar surface area (TPSA) is 266 Å². The summed E-state index contributed by atoms with van der Waals surface area (Å²) >= 11 is 14.4. The van der Waals surface area contributed by atoms with E-state index in [1.54, 1.807) is 73.7 Å². The summed E-state index contributed by atoms with van der Waals surface area (Å²) in [5.74, 6) is -9.72. The van der Waals surface area contributed by atoms with Gasteiger partial charge in [0.15, 0.2) is 37.2 Å². The second-order valence-electron chi connectivity index (χ2n) is 25.6. The zero-order valence-corrected chi connectivity index (χ0v) is 55.9. The van der Waals surface area contributed by atoms with Crippen LogP contribution in [0.3, 0.4) is 0 Å². The molecule has 9 atom stereocenters. The van der Waals surface area contributed by atoms with Crippen molar-refractivity contribution in [1.29, 1.82) is 0 Å². The van der Waals surface area contributed by atoms with Crippen LogP contribution in [0.2, 0.25) is 28.2 Å². The van der Waals surface area contributed by atoms with Crippen LogP contribution in [0.5, 0.6) is 40.2 Å². The summed E-state index contributed by atoms with van der Waals surface area (Å²) < 4.78 is 38.5. The van der Waals surface area contributed by atoms with Gasteiger partial charge in [0.2, 0.25) is 35.3 Å². The van der Waals surface area contributed by atoms with Gasteiger partial charge in [-0.1, -0.05) is 95.9 Å². The van der Waals surface area contributed by atoms with Crippen molar-refractivity contribution in [2.75, 3.05) is 21.3 Å². The van der Waals surface area contributed by atoms with Gasteiger partial charge in [0.05, 0.1) is 49.3 Å². The first-order chi connectivity index (χ1) is 42.4. The average molecular weight is 1290 g/mol. The van der Waals surface area contributed by atoms with Crippen LogP contribution in [-0.2, 0) is 42.8 Å². The van der Waals surface area contributed by atoms with Crippen LogP contribution < -0.4 is 50.7 Å². The highest BCUT2D eigenvalue weighted by atomic mass is 35.5. The third kappa shape index (κ3) is 14.7. The normalized spacial score (nSPS) is 21.8. The molecule has 19 nitrogen and oxygen atoms in total. The molecule has 90 heavy (non-hydrogen) atoms. The standard InChI is InChI=1S/C68H81Cl2N5O14Si/c1-15-37(22-33(2)3)64(80)75-61-48(77)28-42(31-56(71)79)65(81)74-60-41-29-54(63(86-12)55(30-41)88-52-21-18-40(27-47(52)70)62(61)89-90(13,14)68(7,8)9)87-51-20-16-38(26-46(51)69)35(5)58-67(83)73-59(36(6)76)45-23-34(4)24-53(85-11)57(45)44-25-39(17-19-50(44)84-10)43(32-49(60)78)66(82)72-58/h16-21,23-27,29-30,33,35,37,42-43,58-62H,15,22,28,31-32H2,1-14H3,(H2,71,79)(H,72,82)(H,73,83)(H,74,81)(H,75,80)/t35-,37+,42+,43-,58+,59+,60-,61+,62-/m1/s1. The lowest BCUT2D eigenvalue weighted by molar-refractivity contribution is -0.137. The molecule has 6 N–H and O–H groups in total. The second kappa shape index (κ2) is 27.8. The number of hydrogen-bond acceptors (Lipinski definition) is 14. The number of methoxy groups -OCH3 is 3. The number of aryl methyl sites for hydroxylation is 1. The molecule has 0 fully saturated rings. The quantitative estimate of drug-likeness (QED) is 0.0687. The molecule has 11 bridgehead atoms. The monoisotopic (exact) mass is 1290 g/mol. The number of Topliss-reactive ketones (excluding diaryl/α,β-unsaturated/α-hetero) is 3. The van der Waals surface area contributed by atoms with E-state index >= 15 is 24.0 Å². The Labute approximate surface area is 536 Å². The van der Waals surface area contributed by atoms with E-state index in [4.69, 9.17) is 57.0 Å². The zero-order valence-electron chi connectivity index (χ0n) is 53.4. The molecule has 0 unspecified atom stereocenters. The first kappa shape index (κ1) is 68.1. The minimum absolute atomic E-state index is 0.00845.